The molecule has 0 aliphatic heterocycles. The Kier molecular flexibility index (Phi) is 4.32. The largest absolute Gasteiger partial charge is 0.488 e. The zero-order valence-electron chi connectivity index (χ0n) is 10.8. The fourth-order valence-corrected chi connectivity index (χ4v) is 1.82. The third kappa shape index (κ3) is 3.13. The molecule has 1 amide bonds. The molecule has 2 rings (SSSR count). The van der Waals surface area contributed by atoms with Crippen LogP contribution in [0.1, 0.15) is 21.5 Å². The van der Waals surface area contributed by atoms with Crippen LogP contribution in [0.15, 0.2) is 42.5 Å². The molecule has 0 atom stereocenters. The number of halogens is 1. The molecule has 0 aromatic heterocycles. The van der Waals surface area contributed by atoms with E-state index in [2.05, 4.69) is 0 Å². The first-order chi connectivity index (χ1) is 9.61. The summed E-state index contributed by atoms with van der Waals surface area (Å²) in [5, 5.41) is 0. The van der Waals surface area contributed by atoms with E-state index in [1.54, 1.807) is 36.4 Å². The molecule has 0 spiro atoms. The second kappa shape index (κ2) is 6.16. The van der Waals surface area contributed by atoms with E-state index in [9.17, 15) is 9.18 Å². The molecule has 5 heteroatoms. The van der Waals surface area contributed by atoms with Crippen LogP contribution >= 0.6 is 0 Å². The molecule has 0 heterocycles. The van der Waals surface area contributed by atoms with Crippen LogP contribution in [0.25, 0.3) is 0 Å². The first-order valence-corrected chi connectivity index (χ1v) is 6.11. The average molecular weight is 274 g/mol. The van der Waals surface area contributed by atoms with Gasteiger partial charge in [-0.25, -0.2) is 4.39 Å². The summed E-state index contributed by atoms with van der Waals surface area (Å²) < 4.78 is 19.1. The van der Waals surface area contributed by atoms with Crippen molar-refractivity contribution in [3.63, 3.8) is 0 Å². The molecule has 4 N–H and O–H groups in total. The van der Waals surface area contributed by atoms with E-state index >= 15 is 0 Å². The van der Waals surface area contributed by atoms with Gasteiger partial charge in [0.25, 0.3) is 5.91 Å². The predicted molar refractivity (Wildman–Crippen MR) is 73.6 cm³/mol. The summed E-state index contributed by atoms with van der Waals surface area (Å²) in [4.78, 5) is 11.3. The molecule has 0 aliphatic rings. The van der Waals surface area contributed by atoms with Gasteiger partial charge in [0, 0.05) is 12.1 Å². The lowest BCUT2D eigenvalue weighted by Gasteiger charge is -2.10. The molecule has 4 nitrogen and oxygen atoms in total. The van der Waals surface area contributed by atoms with E-state index in [-0.39, 0.29) is 18.0 Å². The summed E-state index contributed by atoms with van der Waals surface area (Å²) in [6, 6.07) is 11.2. The summed E-state index contributed by atoms with van der Waals surface area (Å²) in [6.07, 6.45) is 0. The van der Waals surface area contributed by atoms with Crippen molar-refractivity contribution >= 4 is 5.91 Å². The van der Waals surface area contributed by atoms with E-state index in [0.29, 0.717) is 17.9 Å². The highest BCUT2D eigenvalue weighted by Gasteiger charge is 2.10. The number of rotatable bonds is 5. The van der Waals surface area contributed by atoms with Gasteiger partial charge in [0.05, 0.1) is 5.56 Å². The number of carbonyl (C=O) groups is 1. The maximum Gasteiger partial charge on any atom is 0.252 e. The zero-order chi connectivity index (χ0) is 14.5. The number of primary amides is 1. The Labute approximate surface area is 116 Å². The molecule has 0 aliphatic carbocycles. The van der Waals surface area contributed by atoms with Crippen LogP contribution in [0.2, 0.25) is 0 Å². The van der Waals surface area contributed by atoms with Gasteiger partial charge in [-0.1, -0.05) is 18.2 Å². The number of amides is 1. The number of para-hydroxylation sites is 1. The lowest BCUT2D eigenvalue weighted by molar-refractivity contribution is 0.0996. The zero-order valence-corrected chi connectivity index (χ0v) is 10.8. The topological polar surface area (TPSA) is 78.3 Å². The normalized spacial score (nSPS) is 10.3. The van der Waals surface area contributed by atoms with Gasteiger partial charge in [0.15, 0.2) is 0 Å². The van der Waals surface area contributed by atoms with Crippen molar-refractivity contribution in [1.82, 2.24) is 0 Å². The molecule has 0 bridgehead atoms. The van der Waals surface area contributed by atoms with Crippen molar-refractivity contribution in [2.45, 2.75) is 13.2 Å². The van der Waals surface area contributed by atoms with Crippen molar-refractivity contribution in [1.29, 1.82) is 0 Å². The maximum atomic E-state index is 13.7. The number of nitrogens with two attached hydrogens (primary N) is 2. The Morgan fingerprint density at radius 3 is 2.65 bits per heavy atom. The minimum Gasteiger partial charge on any atom is -0.488 e. The monoisotopic (exact) mass is 274 g/mol. The van der Waals surface area contributed by atoms with Crippen molar-refractivity contribution < 1.29 is 13.9 Å². The van der Waals surface area contributed by atoms with Crippen molar-refractivity contribution in [3.05, 3.63) is 65.0 Å². The standard InChI is InChI=1S/C15H15FN2O2/c16-13-6-5-10(8-17)7-11(13)9-20-14-4-2-1-3-12(14)15(18)19/h1-7H,8-9,17H2,(H2,18,19). The maximum absolute atomic E-state index is 13.7. The molecule has 20 heavy (non-hydrogen) atoms. The van der Waals surface area contributed by atoms with E-state index in [0.717, 1.165) is 5.56 Å². The average Bonchev–Trinajstić information content (AvgIpc) is 2.46. The Balaban J connectivity index is 2.19. The van der Waals surface area contributed by atoms with Crippen LogP contribution < -0.4 is 16.2 Å². The fraction of sp³-hybridized carbons (Fsp3) is 0.133. The van der Waals surface area contributed by atoms with Crippen molar-refractivity contribution in [2.24, 2.45) is 11.5 Å². The Morgan fingerprint density at radius 2 is 1.95 bits per heavy atom. The van der Waals surface area contributed by atoms with Crippen LogP contribution in [0.5, 0.6) is 5.75 Å². The molecule has 0 radical (unpaired) electrons. The number of ether oxygens (including phenoxy) is 1. The molecule has 0 saturated heterocycles. The van der Waals surface area contributed by atoms with Crippen LogP contribution in [0.4, 0.5) is 4.39 Å². The SMILES string of the molecule is NCc1ccc(F)c(COc2ccccc2C(N)=O)c1. The second-order valence-electron chi connectivity index (χ2n) is 4.28. The minimum atomic E-state index is -0.586. The Morgan fingerprint density at radius 1 is 1.20 bits per heavy atom. The van der Waals surface area contributed by atoms with Crippen molar-refractivity contribution in [3.8, 4) is 5.75 Å². The van der Waals surface area contributed by atoms with Crippen LogP contribution in [0, 0.1) is 5.82 Å². The molecule has 2 aromatic rings. The quantitative estimate of drug-likeness (QED) is 0.874. The van der Waals surface area contributed by atoms with Gasteiger partial charge in [-0.3, -0.25) is 4.79 Å². The first kappa shape index (κ1) is 14.0. The highest BCUT2D eigenvalue weighted by atomic mass is 19.1. The summed E-state index contributed by atoms with van der Waals surface area (Å²) in [6.45, 7) is 0.328. The van der Waals surface area contributed by atoms with E-state index < -0.39 is 5.91 Å². The van der Waals surface area contributed by atoms with Gasteiger partial charge in [-0.2, -0.15) is 0 Å². The number of hydrogen-bond donors (Lipinski definition) is 2. The first-order valence-electron chi connectivity index (χ1n) is 6.11. The van der Waals surface area contributed by atoms with E-state index in [1.807, 2.05) is 0 Å². The van der Waals surface area contributed by atoms with Gasteiger partial charge < -0.3 is 16.2 Å². The van der Waals surface area contributed by atoms with Crippen LogP contribution in [0.3, 0.4) is 0 Å². The van der Waals surface area contributed by atoms with E-state index in [4.69, 9.17) is 16.2 Å². The van der Waals surface area contributed by atoms with Gasteiger partial charge in [0.2, 0.25) is 0 Å². The van der Waals surface area contributed by atoms with Crippen molar-refractivity contribution in [2.75, 3.05) is 0 Å². The molecule has 104 valence electrons. The number of carbonyl (C=O) groups excluding carboxylic acids is 1. The van der Waals surface area contributed by atoms with Gasteiger partial charge in [-0.05, 0) is 29.8 Å². The fourth-order valence-electron chi connectivity index (χ4n) is 1.82. The van der Waals surface area contributed by atoms with Crippen LogP contribution in [-0.4, -0.2) is 5.91 Å². The second-order valence-corrected chi connectivity index (χ2v) is 4.28. The van der Waals surface area contributed by atoms with Gasteiger partial charge in [0.1, 0.15) is 18.2 Å². The Bertz CT molecular complexity index is 629. The molecule has 0 unspecified atom stereocenters. The molecular formula is C15H15FN2O2. The van der Waals surface area contributed by atoms with Crippen LogP contribution in [-0.2, 0) is 13.2 Å². The van der Waals surface area contributed by atoms with E-state index in [1.165, 1.54) is 6.07 Å². The minimum absolute atomic E-state index is 0.00394. The predicted octanol–water partition coefficient (Wildman–Crippen LogP) is 1.96. The lowest BCUT2D eigenvalue weighted by Crippen LogP contribution is -2.13. The molecule has 2 aromatic carbocycles. The smallest absolute Gasteiger partial charge is 0.252 e. The molecular weight excluding hydrogens is 259 g/mol. The third-order valence-electron chi connectivity index (χ3n) is 2.88. The highest BCUT2D eigenvalue weighted by molar-refractivity contribution is 5.95. The molecule has 0 fully saturated rings. The number of hydrogen-bond acceptors (Lipinski definition) is 3. The summed E-state index contributed by atoms with van der Waals surface area (Å²) in [5.41, 5.74) is 12.2. The highest BCUT2D eigenvalue weighted by Crippen LogP contribution is 2.20. The Hall–Kier alpha value is -2.40. The van der Waals surface area contributed by atoms with Gasteiger partial charge in [-0.15, -0.1) is 0 Å². The summed E-state index contributed by atoms with van der Waals surface area (Å²) in [5.74, 6) is -0.631. The molecule has 0 saturated carbocycles. The third-order valence-corrected chi connectivity index (χ3v) is 2.88. The number of benzene rings is 2. The summed E-state index contributed by atoms with van der Waals surface area (Å²) in [7, 11) is 0. The summed E-state index contributed by atoms with van der Waals surface area (Å²) >= 11 is 0. The lowest BCUT2D eigenvalue weighted by atomic mass is 10.1. The van der Waals surface area contributed by atoms with Gasteiger partial charge >= 0.3 is 0 Å².